The summed E-state index contributed by atoms with van der Waals surface area (Å²) in [6, 6.07) is 19.6. The maximum Gasteiger partial charge on any atom is 0.339 e. The van der Waals surface area contributed by atoms with Crippen LogP contribution in [0.3, 0.4) is 0 Å². The van der Waals surface area contributed by atoms with Crippen molar-refractivity contribution >= 4 is 44.6 Å². The largest absolute Gasteiger partial charge is 0.490 e. The van der Waals surface area contributed by atoms with Crippen LogP contribution in [0.25, 0.3) is 0 Å². The number of rotatable bonds is 8. The quantitative estimate of drug-likeness (QED) is 0.209. The number of benzene rings is 3. The number of halogens is 1. The summed E-state index contributed by atoms with van der Waals surface area (Å²) in [5.41, 5.74) is 2.88. The van der Waals surface area contributed by atoms with Crippen LogP contribution >= 0.6 is 22.6 Å². The molecule has 156 valence electrons. The van der Waals surface area contributed by atoms with Crippen LogP contribution in [0, 0.1) is 3.57 Å². The van der Waals surface area contributed by atoms with Gasteiger partial charge >= 0.3 is 10.1 Å². The fourth-order valence-electron chi connectivity index (χ4n) is 2.72. The second-order valence-corrected chi connectivity index (χ2v) is 9.10. The van der Waals surface area contributed by atoms with Crippen LogP contribution in [-0.4, -0.2) is 21.2 Å². The Morgan fingerprint density at radius 3 is 2.33 bits per heavy atom. The molecule has 3 aromatic rings. The third-order valence-corrected chi connectivity index (χ3v) is 6.30. The van der Waals surface area contributed by atoms with E-state index in [0.717, 1.165) is 17.7 Å². The van der Waals surface area contributed by atoms with Crippen LogP contribution in [0.2, 0.25) is 0 Å². The smallest absolute Gasteiger partial charge is 0.339 e. The average molecular weight is 535 g/mol. The van der Waals surface area contributed by atoms with Crippen molar-refractivity contribution in [1.82, 2.24) is 0 Å². The van der Waals surface area contributed by atoms with E-state index < -0.39 is 10.1 Å². The molecule has 5 nitrogen and oxygen atoms in total. The van der Waals surface area contributed by atoms with Crippen LogP contribution < -0.4 is 8.92 Å². The molecular weight excluding hydrogens is 513 g/mol. The topological polar surface area (TPSA) is 65.0 Å². The number of nitrogens with zero attached hydrogens (tertiary/aromatic N) is 1. The van der Waals surface area contributed by atoms with Crippen LogP contribution in [0.4, 0.5) is 5.69 Å². The minimum Gasteiger partial charge on any atom is -0.490 e. The second-order valence-electron chi connectivity index (χ2n) is 6.39. The number of hydrogen-bond donors (Lipinski definition) is 0. The van der Waals surface area contributed by atoms with E-state index in [1.54, 1.807) is 30.5 Å². The molecule has 0 N–H and O–H groups in total. The first-order chi connectivity index (χ1) is 14.4. The lowest BCUT2D eigenvalue weighted by atomic mass is 10.1. The van der Waals surface area contributed by atoms with Gasteiger partial charge in [0.2, 0.25) is 0 Å². The van der Waals surface area contributed by atoms with Crippen molar-refractivity contribution in [2.75, 3.05) is 6.61 Å². The number of ether oxygens (including phenoxy) is 1. The maximum atomic E-state index is 12.7. The van der Waals surface area contributed by atoms with E-state index in [1.807, 2.05) is 59.8 Å². The summed E-state index contributed by atoms with van der Waals surface area (Å²) in [6.45, 7) is 4.31. The molecule has 0 aliphatic rings. The Kier molecular flexibility index (Phi) is 7.49. The monoisotopic (exact) mass is 535 g/mol. The first kappa shape index (κ1) is 22.3. The molecule has 0 saturated carbocycles. The molecule has 0 radical (unpaired) electrons. The van der Waals surface area contributed by atoms with Gasteiger partial charge in [0, 0.05) is 6.21 Å². The molecule has 0 heterocycles. The van der Waals surface area contributed by atoms with Crippen molar-refractivity contribution in [3.8, 4) is 11.5 Å². The molecular formula is C23H22INO4S. The standard InChI is InChI=1S/C23H22INO4S/c1-3-17-10-12-19(13-11-17)25-16-18-14-21(24)23(22(15-18)28-4-2)29-30(26,27)20-8-6-5-7-9-20/h5-16H,3-4H2,1-2H3. The van der Waals surface area contributed by atoms with Crippen molar-refractivity contribution in [3.05, 3.63) is 81.4 Å². The first-order valence-electron chi connectivity index (χ1n) is 9.52. The Labute approximate surface area is 191 Å². The zero-order valence-corrected chi connectivity index (χ0v) is 19.7. The summed E-state index contributed by atoms with van der Waals surface area (Å²) in [4.78, 5) is 4.59. The van der Waals surface area contributed by atoms with Gasteiger partial charge in [0.1, 0.15) is 4.90 Å². The predicted octanol–water partition coefficient (Wildman–Crippen LogP) is 5.77. The van der Waals surface area contributed by atoms with E-state index in [4.69, 9.17) is 8.92 Å². The van der Waals surface area contributed by atoms with Gasteiger partial charge in [-0.05, 0) is 83.5 Å². The van der Waals surface area contributed by atoms with E-state index >= 15 is 0 Å². The molecule has 3 aromatic carbocycles. The van der Waals surface area contributed by atoms with Gasteiger partial charge < -0.3 is 8.92 Å². The van der Waals surface area contributed by atoms with Gasteiger partial charge in [-0.25, -0.2) is 0 Å². The lowest BCUT2D eigenvalue weighted by Crippen LogP contribution is -2.12. The highest BCUT2D eigenvalue weighted by Gasteiger charge is 2.21. The highest BCUT2D eigenvalue weighted by Crippen LogP contribution is 2.36. The van der Waals surface area contributed by atoms with E-state index in [-0.39, 0.29) is 10.6 Å². The summed E-state index contributed by atoms with van der Waals surface area (Å²) in [5, 5.41) is 0. The highest BCUT2D eigenvalue weighted by atomic mass is 127. The molecule has 0 saturated heterocycles. The third kappa shape index (κ3) is 5.60. The normalized spacial score (nSPS) is 11.6. The lowest BCUT2D eigenvalue weighted by Gasteiger charge is -2.14. The van der Waals surface area contributed by atoms with Gasteiger partial charge in [0.25, 0.3) is 0 Å². The summed E-state index contributed by atoms with van der Waals surface area (Å²) in [6.07, 6.45) is 2.70. The zero-order valence-electron chi connectivity index (χ0n) is 16.7. The van der Waals surface area contributed by atoms with Crippen molar-refractivity contribution in [3.63, 3.8) is 0 Å². The lowest BCUT2D eigenvalue weighted by molar-refractivity contribution is 0.327. The highest BCUT2D eigenvalue weighted by molar-refractivity contribution is 14.1. The molecule has 0 bridgehead atoms. The number of hydrogen-bond acceptors (Lipinski definition) is 5. The molecule has 0 aliphatic heterocycles. The van der Waals surface area contributed by atoms with Crippen LogP contribution in [0.5, 0.6) is 11.5 Å². The third-order valence-electron chi connectivity index (χ3n) is 4.26. The van der Waals surface area contributed by atoms with Crippen molar-refractivity contribution in [1.29, 1.82) is 0 Å². The maximum absolute atomic E-state index is 12.7. The Morgan fingerprint density at radius 2 is 1.70 bits per heavy atom. The number of aliphatic imine (C=N–C) groups is 1. The molecule has 0 amide bonds. The second kappa shape index (κ2) is 10.1. The molecule has 0 fully saturated rings. The molecule has 0 spiro atoms. The molecule has 3 rings (SSSR count). The molecule has 0 unspecified atom stereocenters. The van der Waals surface area contributed by atoms with Crippen LogP contribution in [-0.2, 0) is 16.5 Å². The van der Waals surface area contributed by atoms with E-state index in [1.165, 1.54) is 17.7 Å². The summed E-state index contributed by atoms with van der Waals surface area (Å²) in [5.74, 6) is 0.525. The molecule has 30 heavy (non-hydrogen) atoms. The minimum atomic E-state index is -3.97. The summed E-state index contributed by atoms with van der Waals surface area (Å²) in [7, 11) is -3.97. The molecule has 0 aliphatic carbocycles. The van der Waals surface area contributed by atoms with Crippen LogP contribution in [0.15, 0.2) is 76.6 Å². The number of aryl methyl sites for hydroxylation is 1. The Bertz CT molecular complexity index is 1130. The summed E-state index contributed by atoms with van der Waals surface area (Å²) >= 11 is 2.04. The van der Waals surface area contributed by atoms with Crippen LogP contribution in [0.1, 0.15) is 25.0 Å². The van der Waals surface area contributed by atoms with Gasteiger partial charge in [-0.2, -0.15) is 8.42 Å². The van der Waals surface area contributed by atoms with Crippen molar-refractivity contribution < 1.29 is 17.3 Å². The van der Waals surface area contributed by atoms with E-state index in [2.05, 4.69) is 11.9 Å². The van der Waals surface area contributed by atoms with Crippen molar-refractivity contribution in [2.24, 2.45) is 4.99 Å². The molecule has 0 atom stereocenters. The van der Waals surface area contributed by atoms with Gasteiger partial charge in [0.15, 0.2) is 11.5 Å². The Morgan fingerprint density at radius 1 is 1.00 bits per heavy atom. The predicted molar refractivity (Wildman–Crippen MR) is 128 cm³/mol. The van der Waals surface area contributed by atoms with Gasteiger partial charge in [-0.3, -0.25) is 4.99 Å². The fourth-order valence-corrected chi connectivity index (χ4v) is 4.58. The zero-order chi connectivity index (χ0) is 21.6. The van der Waals surface area contributed by atoms with E-state index in [9.17, 15) is 8.42 Å². The molecule has 7 heteroatoms. The average Bonchev–Trinajstić information content (AvgIpc) is 2.76. The Hall–Kier alpha value is -2.39. The van der Waals surface area contributed by atoms with Gasteiger partial charge in [-0.15, -0.1) is 0 Å². The van der Waals surface area contributed by atoms with E-state index in [0.29, 0.717) is 15.9 Å². The molecule has 0 aromatic heterocycles. The summed E-state index contributed by atoms with van der Waals surface area (Å²) < 4.78 is 37.0. The van der Waals surface area contributed by atoms with Gasteiger partial charge in [0.05, 0.1) is 15.9 Å². The minimum absolute atomic E-state index is 0.0874. The Balaban J connectivity index is 1.91. The first-order valence-corrected chi connectivity index (χ1v) is 12.0. The van der Waals surface area contributed by atoms with Crippen molar-refractivity contribution in [2.45, 2.75) is 25.2 Å². The van der Waals surface area contributed by atoms with Gasteiger partial charge in [-0.1, -0.05) is 37.3 Å². The fraction of sp³-hybridized carbons (Fsp3) is 0.174. The SMILES string of the molecule is CCOc1cc(C=Nc2ccc(CC)cc2)cc(I)c1OS(=O)(=O)c1ccccc1.